The summed E-state index contributed by atoms with van der Waals surface area (Å²) in [6, 6.07) is 4.85. The van der Waals surface area contributed by atoms with Gasteiger partial charge in [-0.15, -0.1) is 0 Å². The predicted octanol–water partition coefficient (Wildman–Crippen LogP) is 1.77. The van der Waals surface area contributed by atoms with Gasteiger partial charge in [0, 0.05) is 6.42 Å². The maximum absolute atomic E-state index is 10.8. The number of ether oxygens (including phenoxy) is 1. The SMILES string of the molecule is COc1c(CC(N)C(=O)O)cccc1C(C)C. The second-order valence-electron chi connectivity index (χ2n) is 4.34. The lowest BCUT2D eigenvalue weighted by Gasteiger charge is -2.17. The standard InChI is InChI=1S/C13H19NO3/c1-8(2)10-6-4-5-9(12(10)17-3)7-11(14)13(15)16/h4-6,8,11H,7,14H2,1-3H3,(H,15,16). The Morgan fingerprint density at radius 1 is 1.47 bits per heavy atom. The summed E-state index contributed by atoms with van der Waals surface area (Å²) in [6.07, 6.45) is 0.277. The molecule has 0 aromatic heterocycles. The Balaban J connectivity index is 3.07. The molecule has 0 saturated carbocycles. The first kappa shape index (κ1) is 13.5. The fraction of sp³-hybridized carbons (Fsp3) is 0.462. The molecule has 0 fully saturated rings. The van der Waals surface area contributed by atoms with Crippen molar-refractivity contribution in [2.24, 2.45) is 5.73 Å². The van der Waals surface area contributed by atoms with Gasteiger partial charge >= 0.3 is 5.97 Å². The molecule has 1 unspecified atom stereocenters. The van der Waals surface area contributed by atoms with Crippen LogP contribution in [0.25, 0.3) is 0 Å². The zero-order valence-electron chi connectivity index (χ0n) is 10.4. The van der Waals surface area contributed by atoms with Gasteiger partial charge in [0.05, 0.1) is 7.11 Å². The number of carboxylic acid groups (broad SMARTS) is 1. The molecule has 0 saturated heterocycles. The average molecular weight is 237 g/mol. The maximum Gasteiger partial charge on any atom is 0.320 e. The largest absolute Gasteiger partial charge is 0.496 e. The van der Waals surface area contributed by atoms with Crippen molar-refractivity contribution >= 4 is 5.97 Å². The number of methoxy groups -OCH3 is 1. The van der Waals surface area contributed by atoms with Crippen LogP contribution >= 0.6 is 0 Å². The number of aliphatic carboxylic acids is 1. The van der Waals surface area contributed by atoms with Gasteiger partial charge in [-0.1, -0.05) is 32.0 Å². The summed E-state index contributed by atoms with van der Waals surface area (Å²) in [5.74, 6) is 0.0761. The van der Waals surface area contributed by atoms with E-state index in [0.717, 1.165) is 16.9 Å². The van der Waals surface area contributed by atoms with Crippen LogP contribution in [-0.2, 0) is 11.2 Å². The van der Waals surface area contributed by atoms with Crippen LogP contribution in [0.2, 0.25) is 0 Å². The lowest BCUT2D eigenvalue weighted by Crippen LogP contribution is -2.32. The lowest BCUT2D eigenvalue weighted by atomic mass is 9.96. The number of rotatable bonds is 5. The molecule has 4 nitrogen and oxygen atoms in total. The fourth-order valence-electron chi connectivity index (χ4n) is 1.79. The molecule has 3 N–H and O–H groups in total. The van der Waals surface area contributed by atoms with Crippen LogP contribution in [-0.4, -0.2) is 24.2 Å². The van der Waals surface area contributed by atoms with E-state index in [-0.39, 0.29) is 6.42 Å². The minimum absolute atomic E-state index is 0.277. The lowest BCUT2D eigenvalue weighted by molar-refractivity contribution is -0.138. The first-order chi connectivity index (χ1) is 7.97. The van der Waals surface area contributed by atoms with Crippen molar-refractivity contribution < 1.29 is 14.6 Å². The van der Waals surface area contributed by atoms with Gasteiger partial charge < -0.3 is 15.6 Å². The first-order valence-electron chi connectivity index (χ1n) is 5.61. The molecule has 0 aliphatic rings. The van der Waals surface area contributed by atoms with E-state index in [9.17, 15) is 4.79 Å². The van der Waals surface area contributed by atoms with Gasteiger partial charge in [0.15, 0.2) is 0 Å². The molecule has 0 aliphatic carbocycles. The maximum atomic E-state index is 10.8. The molecule has 0 heterocycles. The number of nitrogens with two attached hydrogens (primary N) is 1. The number of hydrogen-bond donors (Lipinski definition) is 2. The van der Waals surface area contributed by atoms with Crippen LogP contribution in [0.15, 0.2) is 18.2 Å². The summed E-state index contributed by atoms with van der Waals surface area (Å²) in [7, 11) is 1.59. The monoisotopic (exact) mass is 237 g/mol. The second kappa shape index (κ2) is 5.68. The van der Waals surface area contributed by atoms with Crippen molar-refractivity contribution in [1.29, 1.82) is 0 Å². The molecule has 0 radical (unpaired) electrons. The number of para-hydroxylation sites is 1. The molecule has 0 bridgehead atoms. The second-order valence-corrected chi connectivity index (χ2v) is 4.34. The molecule has 4 heteroatoms. The van der Waals surface area contributed by atoms with Crippen LogP contribution in [0.4, 0.5) is 0 Å². The Morgan fingerprint density at radius 3 is 2.59 bits per heavy atom. The molecule has 1 atom stereocenters. The summed E-state index contributed by atoms with van der Waals surface area (Å²) in [6.45, 7) is 4.14. The minimum Gasteiger partial charge on any atom is -0.496 e. The molecule has 0 spiro atoms. The highest BCUT2D eigenvalue weighted by molar-refractivity contribution is 5.73. The summed E-state index contributed by atoms with van der Waals surface area (Å²) in [5.41, 5.74) is 7.46. The van der Waals surface area contributed by atoms with E-state index in [1.165, 1.54) is 0 Å². The zero-order valence-corrected chi connectivity index (χ0v) is 10.4. The fourth-order valence-corrected chi connectivity index (χ4v) is 1.79. The molecular formula is C13H19NO3. The molecule has 0 amide bonds. The molecule has 1 aromatic rings. The quantitative estimate of drug-likeness (QED) is 0.818. The highest BCUT2D eigenvalue weighted by atomic mass is 16.5. The third kappa shape index (κ3) is 3.20. The smallest absolute Gasteiger partial charge is 0.320 e. The molecule has 17 heavy (non-hydrogen) atoms. The zero-order chi connectivity index (χ0) is 13.0. The number of hydrogen-bond acceptors (Lipinski definition) is 3. The van der Waals surface area contributed by atoms with Gasteiger partial charge in [-0.05, 0) is 17.0 Å². The number of benzene rings is 1. The molecule has 94 valence electrons. The molecular weight excluding hydrogens is 218 g/mol. The van der Waals surface area contributed by atoms with Crippen LogP contribution in [0.1, 0.15) is 30.9 Å². The summed E-state index contributed by atoms with van der Waals surface area (Å²) in [5, 5.41) is 8.82. The Kier molecular flexibility index (Phi) is 4.52. The van der Waals surface area contributed by atoms with Gasteiger partial charge in [-0.3, -0.25) is 4.79 Å². The van der Waals surface area contributed by atoms with Gasteiger partial charge in [0.1, 0.15) is 11.8 Å². The van der Waals surface area contributed by atoms with Gasteiger partial charge in [-0.2, -0.15) is 0 Å². The first-order valence-corrected chi connectivity index (χ1v) is 5.61. The Bertz CT molecular complexity index is 402. The van der Waals surface area contributed by atoms with Gasteiger partial charge in [-0.25, -0.2) is 0 Å². The normalized spacial score (nSPS) is 12.5. The van der Waals surface area contributed by atoms with E-state index in [4.69, 9.17) is 15.6 Å². The summed E-state index contributed by atoms with van der Waals surface area (Å²) < 4.78 is 5.37. The van der Waals surface area contributed by atoms with E-state index >= 15 is 0 Å². The van der Waals surface area contributed by atoms with E-state index in [1.807, 2.05) is 18.2 Å². The van der Waals surface area contributed by atoms with Crippen LogP contribution < -0.4 is 10.5 Å². The van der Waals surface area contributed by atoms with Crippen molar-refractivity contribution in [3.8, 4) is 5.75 Å². The van der Waals surface area contributed by atoms with Gasteiger partial charge in [0.2, 0.25) is 0 Å². The highest BCUT2D eigenvalue weighted by Crippen LogP contribution is 2.30. The van der Waals surface area contributed by atoms with Crippen molar-refractivity contribution in [3.05, 3.63) is 29.3 Å². The predicted molar refractivity (Wildman–Crippen MR) is 66.4 cm³/mol. The Labute approximate surface area is 101 Å². The van der Waals surface area contributed by atoms with Crippen LogP contribution in [0, 0.1) is 0 Å². The minimum atomic E-state index is -0.998. The van der Waals surface area contributed by atoms with Crippen molar-refractivity contribution in [2.45, 2.75) is 32.2 Å². The van der Waals surface area contributed by atoms with E-state index in [0.29, 0.717) is 5.92 Å². The van der Waals surface area contributed by atoms with Crippen LogP contribution in [0.5, 0.6) is 5.75 Å². The van der Waals surface area contributed by atoms with Crippen molar-refractivity contribution in [1.82, 2.24) is 0 Å². The van der Waals surface area contributed by atoms with Crippen molar-refractivity contribution in [2.75, 3.05) is 7.11 Å². The topological polar surface area (TPSA) is 72.5 Å². The Morgan fingerprint density at radius 2 is 2.12 bits per heavy atom. The summed E-state index contributed by atoms with van der Waals surface area (Å²) >= 11 is 0. The van der Waals surface area contributed by atoms with Crippen LogP contribution in [0.3, 0.4) is 0 Å². The average Bonchev–Trinajstić information content (AvgIpc) is 2.28. The molecule has 0 aliphatic heterocycles. The number of carbonyl (C=O) groups is 1. The number of carboxylic acids is 1. The third-order valence-electron chi connectivity index (χ3n) is 2.71. The van der Waals surface area contributed by atoms with Gasteiger partial charge in [0.25, 0.3) is 0 Å². The van der Waals surface area contributed by atoms with Crippen molar-refractivity contribution in [3.63, 3.8) is 0 Å². The molecule has 1 rings (SSSR count). The molecule has 1 aromatic carbocycles. The van der Waals surface area contributed by atoms with E-state index < -0.39 is 12.0 Å². The van der Waals surface area contributed by atoms with E-state index in [2.05, 4.69) is 13.8 Å². The van der Waals surface area contributed by atoms with E-state index in [1.54, 1.807) is 7.11 Å². The Hall–Kier alpha value is -1.55. The third-order valence-corrected chi connectivity index (χ3v) is 2.71. The highest BCUT2D eigenvalue weighted by Gasteiger charge is 2.17. The summed E-state index contributed by atoms with van der Waals surface area (Å²) in [4.78, 5) is 10.8.